The molecule has 2 heterocycles. The van der Waals surface area contributed by atoms with Gasteiger partial charge < -0.3 is 20.0 Å². The van der Waals surface area contributed by atoms with Crippen molar-refractivity contribution in [1.29, 1.82) is 0 Å². The van der Waals surface area contributed by atoms with Crippen LogP contribution in [0.3, 0.4) is 0 Å². The molecule has 0 radical (unpaired) electrons. The van der Waals surface area contributed by atoms with Crippen LogP contribution >= 0.6 is 340 Å². The average Bonchev–Trinajstić information content (AvgIpc) is 1.54. The third-order valence-electron chi connectivity index (χ3n) is 21.9. The van der Waals surface area contributed by atoms with Gasteiger partial charge in [-0.2, -0.15) is 0 Å². The number of halogens is 26. The van der Waals surface area contributed by atoms with E-state index in [1.165, 1.54) is 147 Å². The summed E-state index contributed by atoms with van der Waals surface area (Å²) in [6.45, 7) is 46.1. The van der Waals surface area contributed by atoms with Crippen LogP contribution in [0.4, 0.5) is 51.2 Å². The van der Waals surface area contributed by atoms with Crippen molar-refractivity contribution in [3.63, 3.8) is 0 Å². The van der Waals surface area contributed by atoms with Crippen LogP contribution in [0.15, 0.2) is 170 Å². The summed E-state index contributed by atoms with van der Waals surface area (Å²) in [6, 6.07) is 63.5. The van der Waals surface area contributed by atoms with E-state index in [0.29, 0.717) is 13.3 Å². The minimum absolute atomic E-state index is 0.0234. The Kier molecular flexibility index (Phi) is 45.7. The van der Waals surface area contributed by atoms with Gasteiger partial charge >= 0.3 is 342 Å². The van der Waals surface area contributed by atoms with Crippen LogP contribution in [-0.2, 0) is 32.5 Å². The van der Waals surface area contributed by atoms with Crippen molar-refractivity contribution >= 4 is 392 Å². The molecule has 0 saturated heterocycles. The molecule has 2 aliphatic carbocycles. The summed E-state index contributed by atoms with van der Waals surface area (Å²) in [5, 5.41) is 4.35. The molecule has 4 atom stereocenters. The van der Waals surface area contributed by atoms with Crippen LogP contribution in [0.2, 0.25) is 5.02 Å². The van der Waals surface area contributed by atoms with Crippen LogP contribution in [0, 0.1) is 27.7 Å². The number of aryl methyl sites for hydroxylation is 4. The number of rotatable bonds is 18. The van der Waals surface area contributed by atoms with Crippen LogP contribution in [0.5, 0.6) is 0 Å². The fraction of sp³-hybridized carbons (Fsp3) is 0.429. The summed E-state index contributed by atoms with van der Waals surface area (Å²) in [5.74, 6) is 0. The molecule has 4 unspecified atom stereocenters. The molecule has 4 nitrogen and oxygen atoms in total. The fourth-order valence-electron chi connectivity index (χ4n) is 15.6. The number of benzene rings is 8. The van der Waals surface area contributed by atoms with Crippen molar-refractivity contribution in [3.8, 4) is 0 Å². The second-order valence-corrected chi connectivity index (χ2v) is 587. The van der Waals surface area contributed by atoms with Crippen LogP contribution < -0.4 is 33.3 Å². The van der Waals surface area contributed by atoms with Gasteiger partial charge in [-0.15, -0.1) is 0 Å². The Labute approximate surface area is 864 Å². The molecular weight excluding hydrogens is 4270 g/mol. The summed E-state index contributed by atoms with van der Waals surface area (Å²) >= 11 is 47.4. The molecule has 644 valence electrons. The molecule has 0 bridgehead atoms. The van der Waals surface area contributed by atoms with Gasteiger partial charge in [0.05, 0.1) is 11.1 Å². The molecule has 0 aromatic heterocycles. The van der Waals surface area contributed by atoms with E-state index in [2.05, 4.69) is 564 Å². The molecule has 2 fully saturated rings. The zero-order valence-electron chi connectivity index (χ0n) is 67.5. The fourth-order valence-corrected chi connectivity index (χ4v) is 4000. The predicted octanol–water partition coefficient (Wildman–Crippen LogP) is 43.1. The predicted molar refractivity (Wildman–Crippen MR) is 725 cm³/mol. The monoisotopic (exact) mass is 4380 g/mol. The van der Waals surface area contributed by atoms with Gasteiger partial charge in [0.1, 0.15) is 0 Å². The number of anilines is 9. The quantitative estimate of drug-likeness (QED) is 0.0864. The van der Waals surface area contributed by atoms with E-state index in [1.54, 1.807) is 0 Å². The van der Waals surface area contributed by atoms with Crippen LogP contribution in [-0.4, -0.2) is 11.1 Å². The summed E-state index contributed by atoms with van der Waals surface area (Å²) in [6.07, 6.45) is 10.1. The summed E-state index contributed by atoms with van der Waals surface area (Å²) in [7, 11) is -4.61. The zero-order chi connectivity index (χ0) is 84.5. The van der Waals surface area contributed by atoms with E-state index < -0.39 is 71.0 Å². The number of nitrogens with one attached hydrogen (secondary N) is 1. The van der Waals surface area contributed by atoms with Crippen molar-refractivity contribution in [2.24, 2.45) is 0 Å². The van der Waals surface area contributed by atoms with Gasteiger partial charge in [-0.1, -0.05) is 218 Å². The second kappa shape index (κ2) is 47.7. The Morgan fingerprint density at radius 1 is 0.368 bits per heavy atom. The SMILES string of the molecule is CC(C)(C)c1cccc(Nc2cccc(C(C)(C)C)c2)c1.Cc1cc(Cl)cc(N2c3ccc(C)cc3C3(C)CCCCC23C)c1.Cc1cc(N(c2cccc(C(C)(C)C)c2)c2cccc(C(C)(C)C)c2)cc(N2c3ccc(C)cc3C3(C)CCCCC23C)c1.I[I-]I(I)I(I)I(I)I(I)I(I)I(I)I(I)I(I)I(I)I(I)I(I)I. The van der Waals surface area contributed by atoms with Crippen molar-refractivity contribution in [1.82, 2.24) is 0 Å². The summed E-state index contributed by atoms with van der Waals surface area (Å²) in [5.41, 5.74) is 25.7. The molecule has 12 rings (SSSR count). The van der Waals surface area contributed by atoms with Crippen molar-refractivity contribution in [2.45, 2.75) is 233 Å². The molecule has 2 aliphatic heterocycles. The Bertz CT molecular complexity index is 4480. The van der Waals surface area contributed by atoms with Crippen molar-refractivity contribution in [3.05, 3.63) is 231 Å². The molecule has 8 aromatic rings. The maximum absolute atomic E-state index is 6.41. The van der Waals surface area contributed by atoms with E-state index in [0.717, 1.165) is 16.4 Å². The standard InChI is InChI=1S/C42H52N2.C22H26ClN.C20H27N.I25/c1-29-19-20-38-37(25-29)41(9)21-11-12-22-42(41,10)44(38)36-24-30(2)23-35(28-36)43(33-17-13-15-31(26-33)39(3,4)5)34-18-14-16-32(27-34)40(6,7)8;1-15-7-8-20-19(13-15)21(3)9-5-6-10-22(21,4)24(20)18-12-16(2)11-17(23)14-18;1-19(2,3)15-9-7-11-17(13-15)21-18-12-8-10-16(14-18)20(4,5)6;1-14-16(4)18(6)20(8)22(10)24(12)25(13)23(11)21(9)19(7)17(5)15(2)3/h13-20,23-28H,11-12,21-22H2,1-10H3;7-8,11-14H,5-6,9-10H2,1-4H3;7-14,21H,1-6H3;/q;;;-1. The Balaban J connectivity index is 0.000000184. The first-order valence-electron chi connectivity index (χ1n) is 36.8. The Hall–Kier alpha value is 11.5. The molecular formula is C84H105ClI25N4-. The van der Waals surface area contributed by atoms with Crippen molar-refractivity contribution in [2.75, 3.05) is 20.0 Å². The molecule has 4 aliphatic rings. The van der Waals surface area contributed by atoms with Gasteiger partial charge in [-0.25, -0.2) is 0 Å². The van der Waals surface area contributed by atoms with Gasteiger partial charge in [0, 0.05) is 67.0 Å². The number of nitrogens with zero attached hydrogens (tertiary/aromatic N) is 3. The third-order valence-corrected chi connectivity index (χ3v) is 1760. The number of hydrogen-bond donors (Lipinski definition) is 1. The zero-order valence-corrected chi connectivity index (χ0v) is 122. The van der Waals surface area contributed by atoms with E-state index in [1.807, 2.05) is 6.07 Å². The molecule has 114 heavy (non-hydrogen) atoms. The van der Waals surface area contributed by atoms with Gasteiger partial charge in [0.25, 0.3) is 0 Å². The Morgan fingerprint density at radius 3 is 1.08 bits per heavy atom. The van der Waals surface area contributed by atoms with E-state index in [4.69, 9.17) is 11.6 Å². The molecule has 1 N–H and O–H groups in total. The third kappa shape index (κ3) is 27.5. The average molecular weight is 4380 g/mol. The van der Waals surface area contributed by atoms with Crippen LogP contribution in [0.1, 0.15) is 218 Å². The van der Waals surface area contributed by atoms with Gasteiger partial charge in [-0.05, 0) is 230 Å². The minimum atomic E-state index is -0.456. The number of fused-ring (bicyclic) bond motifs is 6. The number of hydrogen-bond acceptors (Lipinski definition) is 4. The molecule has 2 saturated carbocycles. The van der Waals surface area contributed by atoms with Gasteiger partial charge in [-0.3, -0.25) is 0 Å². The van der Waals surface area contributed by atoms with E-state index in [-0.39, 0.29) is 59.4 Å². The molecule has 0 amide bonds. The van der Waals surface area contributed by atoms with Crippen LogP contribution in [0.25, 0.3) is 0 Å². The van der Waals surface area contributed by atoms with E-state index >= 15 is 0 Å². The van der Waals surface area contributed by atoms with Gasteiger partial charge in [0.15, 0.2) is 0 Å². The molecule has 8 aromatic carbocycles. The molecule has 30 heteroatoms. The molecule has 0 spiro atoms. The normalized spacial score (nSPS) is 20.6. The first-order valence-corrected chi connectivity index (χ1v) is 188. The first kappa shape index (κ1) is 109. The van der Waals surface area contributed by atoms with E-state index in [9.17, 15) is 0 Å². The summed E-state index contributed by atoms with van der Waals surface area (Å²) in [4.78, 5) is 7.78. The second-order valence-electron chi connectivity index (χ2n) is 33.9. The van der Waals surface area contributed by atoms with Gasteiger partial charge in [0.2, 0.25) is 0 Å². The summed E-state index contributed by atoms with van der Waals surface area (Å²) < 4.78 is 0. The Morgan fingerprint density at radius 2 is 0.711 bits per heavy atom. The maximum atomic E-state index is 6.41. The first-order chi connectivity index (χ1) is 53.0. The topological polar surface area (TPSA) is 21.8 Å². The van der Waals surface area contributed by atoms with Crippen molar-refractivity contribution < 1.29 is 13.3 Å².